The van der Waals surface area contributed by atoms with Crippen LogP contribution in [0.4, 0.5) is 0 Å². The van der Waals surface area contributed by atoms with Crippen LogP contribution in [-0.4, -0.2) is 15.0 Å². The molecule has 0 amide bonds. The number of nitrogens with zero attached hydrogens (tertiary/aromatic N) is 3. The second-order valence-electron chi connectivity index (χ2n) is 10.8. The molecule has 0 N–H and O–H groups in total. The first kappa shape index (κ1) is 24.9. The van der Waals surface area contributed by atoms with Gasteiger partial charge in [-0.2, -0.15) is 0 Å². The van der Waals surface area contributed by atoms with Gasteiger partial charge in [0.25, 0.3) is 0 Å². The van der Waals surface area contributed by atoms with Crippen LogP contribution in [0.25, 0.3) is 87.4 Å². The van der Waals surface area contributed by atoms with E-state index in [0.717, 1.165) is 49.8 Å². The van der Waals surface area contributed by atoms with Gasteiger partial charge in [-0.05, 0) is 35.4 Å². The third kappa shape index (κ3) is 4.02. The SMILES string of the molecule is c1ccc(-c2ccccc2-c2nc(-c3ccc4c(c3)sc3ccccc34)nc(-c3cccc4c3oc3ccccc34)n2)cc1. The number of fused-ring (bicyclic) bond motifs is 6. The highest BCUT2D eigenvalue weighted by Gasteiger charge is 2.19. The molecule has 44 heavy (non-hydrogen) atoms. The molecular weight excluding hydrogens is 559 g/mol. The molecule has 206 valence electrons. The second kappa shape index (κ2) is 9.97. The Balaban J connectivity index is 1.31. The van der Waals surface area contributed by atoms with E-state index >= 15 is 0 Å². The minimum absolute atomic E-state index is 0.578. The number of para-hydroxylation sites is 2. The minimum Gasteiger partial charge on any atom is -0.455 e. The Morgan fingerprint density at radius 1 is 0.409 bits per heavy atom. The van der Waals surface area contributed by atoms with Crippen LogP contribution in [0.5, 0.6) is 0 Å². The molecule has 6 aromatic carbocycles. The summed E-state index contributed by atoms with van der Waals surface area (Å²) in [6.45, 7) is 0. The summed E-state index contributed by atoms with van der Waals surface area (Å²) in [6.07, 6.45) is 0. The Hall–Kier alpha value is -5.65. The van der Waals surface area contributed by atoms with E-state index in [2.05, 4.69) is 97.1 Å². The molecule has 9 rings (SSSR count). The predicted octanol–water partition coefficient (Wildman–Crippen LogP) is 10.8. The van der Waals surface area contributed by atoms with Crippen molar-refractivity contribution in [1.82, 2.24) is 15.0 Å². The average Bonchev–Trinajstić information content (AvgIpc) is 3.66. The molecule has 0 saturated carbocycles. The van der Waals surface area contributed by atoms with E-state index in [1.54, 1.807) is 11.3 Å². The largest absolute Gasteiger partial charge is 0.455 e. The van der Waals surface area contributed by atoms with Crippen molar-refractivity contribution in [2.75, 3.05) is 0 Å². The van der Waals surface area contributed by atoms with Gasteiger partial charge in [0.1, 0.15) is 11.2 Å². The Kier molecular flexibility index (Phi) is 5.64. The Morgan fingerprint density at radius 3 is 1.93 bits per heavy atom. The summed E-state index contributed by atoms with van der Waals surface area (Å²) in [5, 5.41) is 4.62. The number of benzene rings is 6. The zero-order chi connectivity index (χ0) is 29.0. The van der Waals surface area contributed by atoms with Crippen LogP contribution in [0.15, 0.2) is 144 Å². The summed E-state index contributed by atoms with van der Waals surface area (Å²) in [4.78, 5) is 15.3. The molecule has 4 nitrogen and oxygen atoms in total. The maximum absolute atomic E-state index is 6.41. The first-order valence-corrected chi connectivity index (χ1v) is 15.3. The van der Waals surface area contributed by atoms with Crippen molar-refractivity contribution in [1.29, 1.82) is 0 Å². The normalized spacial score (nSPS) is 11.6. The van der Waals surface area contributed by atoms with E-state index in [-0.39, 0.29) is 0 Å². The zero-order valence-corrected chi connectivity index (χ0v) is 24.3. The first-order chi connectivity index (χ1) is 21.8. The van der Waals surface area contributed by atoms with Crippen LogP contribution in [-0.2, 0) is 0 Å². The molecule has 0 spiro atoms. The highest BCUT2D eigenvalue weighted by atomic mass is 32.1. The standard InChI is InChI=1S/C39H23N3OS/c1-2-11-24(12-3-1)26-13-4-5-16-31(26)38-40-37(25-21-22-29-28-15-7-9-20-34(28)44-35(29)23-25)41-39(42-38)32-18-10-17-30-27-14-6-8-19-33(27)43-36(30)32/h1-23H. The lowest BCUT2D eigenvalue weighted by molar-refractivity contribution is 0.669. The average molecular weight is 582 g/mol. The van der Waals surface area contributed by atoms with Crippen molar-refractivity contribution in [2.45, 2.75) is 0 Å². The van der Waals surface area contributed by atoms with Crippen molar-refractivity contribution in [3.8, 4) is 45.3 Å². The molecule has 0 saturated heterocycles. The van der Waals surface area contributed by atoms with Gasteiger partial charge in [-0.15, -0.1) is 11.3 Å². The van der Waals surface area contributed by atoms with Crippen LogP contribution in [0.3, 0.4) is 0 Å². The summed E-state index contributed by atoms with van der Waals surface area (Å²) >= 11 is 1.79. The highest BCUT2D eigenvalue weighted by Crippen LogP contribution is 2.39. The molecule has 0 aliphatic carbocycles. The van der Waals surface area contributed by atoms with Crippen molar-refractivity contribution in [2.24, 2.45) is 0 Å². The molecule has 0 bridgehead atoms. The maximum atomic E-state index is 6.41. The van der Waals surface area contributed by atoms with E-state index in [9.17, 15) is 0 Å². The molecule has 3 aromatic heterocycles. The fraction of sp³-hybridized carbons (Fsp3) is 0. The predicted molar refractivity (Wildman–Crippen MR) is 182 cm³/mol. The Morgan fingerprint density at radius 2 is 1.05 bits per heavy atom. The van der Waals surface area contributed by atoms with Crippen molar-refractivity contribution in [3.05, 3.63) is 140 Å². The van der Waals surface area contributed by atoms with E-state index < -0.39 is 0 Å². The number of aromatic nitrogens is 3. The molecule has 5 heteroatoms. The van der Waals surface area contributed by atoms with Gasteiger partial charge in [0.15, 0.2) is 17.5 Å². The van der Waals surface area contributed by atoms with Gasteiger partial charge in [0.05, 0.1) is 5.56 Å². The van der Waals surface area contributed by atoms with Gasteiger partial charge in [0.2, 0.25) is 0 Å². The van der Waals surface area contributed by atoms with Gasteiger partial charge >= 0.3 is 0 Å². The van der Waals surface area contributed by atoms with Crippen LogP contribution < -0.4 is 0 Å². The van der Waals surface area contributed by atoms with E-state index in [4.69, 9.17) is 19.4 Å². The van der Waals surface area contributed by atoms with Gasteiger partial charge in [-0.25, -0.2) is 15.0 Å². The molecule has 3 heterocycles. The van der Waals surface area contributed by atoms with Crippen LogP contribution >= 0.6 is 11.3 Å². The molecule has 0 aliphatic heterocycles. The third-order valence-electron chi connectivity index (χ3n) is 8.17. The number of rotatable bonds is 4. The zero-order valence-electron chi connectivity index (χ0n) is 23.4. The van der Waals surface area contributed by atoms with Gasteiger partial charge < -0.3 is 4.42 Å². The molecule has 0 radical (unpaired) electrons. The second-order valence-corrected chi connectivity index (χ2v) is 11.9. The van der Waals surface area contributed by atoms with Crippen molar-refractivity contribution >= 4 is 53.4 Å². The topological polar surface area (TPSA) is 51.8 Å². The van der Waals surface area contributed by atoms with Crippen molar-refractivity contribution in [3.63, 3.8) is 0 Å². The summed E-state index contributed by atoms with van der Waals surface area (Å²) in [5.41, 5.74) is 6.52. The van der Waals surface area contributed by atoms with Gasteiger partial charge in [0, 0.05) is 42.1 Å². The monoisotopic (exact) mass is 581 g/mol. The molecule has 9 aromatic rings. The molecule has 0 unspecified atom stereocenters. The quantitative estimate of drug-likeness (QED) is 0.207. The van der Waals surface area contributed by atoms with Crippen LogP contribution in [0.1, 0.15) is 0 Å². The van der Waals surface area contributed by atoms with E-state index in [0.29, 0.717) is 17.5 Å². The summed E-state index contributed by atoms with van der Waals surface area (Å²) in [6, 6.07) is 48.0. The van der Waals surface area contributed by atoms with Gasteiger partial charge in [-0.3, -0.25) is 0 Å². The fourth-order valence-corrected chi connectivity index (χ4v) is 7.23. The Labute approximate surface area is 256 Å². The Bertz CT molecular complexity index is 2510. The van der Waals surface area contributed by atoms with E-state index in [1.165, 1.54) is 20.2 Å². The lowest BCUT2D eigenvalue weighted by atomic mass is 9.99. The fourth-order valence-electron chi connectivity index (χ4n) is 6.08. The van der Waals surface area contributed by atoms with Crippen molar-refractivity contribution < 1.29 is 4.42 Å². The van der Waals surface area contributed by atoms with Crippen LogP contribution in [0.2, 0.25) is 0 Å². The van der Waals surface area contributed by atoms with Gasteiger partial charge in [-0.1, -0.05) is 115 Å². The number of hydrogen-bond acceptors (Lipinski definition) is 5. The molecule has 0 atom stereocenters. The molecular formula is C39H23N3OS. The lowest BCUT2D eigenvalue weighted by Gasteiger charge is -2.12. The molecule has 0 fully saturated rings. The summed E-state index contributed by atoms with van der Waals surface area (Å²) in [5.74, 6) is 1.82. The minimum atomic E-state index is 0.578. The smallest absolute Gasteiger partial charge is 0.167 e. The maximum Gasteiger partial charge on any atom is 0.167 e. The summed E-state index contributed by atoms with van der Waals surface area (Å²) < 4.78 is 8.89. The highest BCUT2D eigenvalue weighted by molar-refractivity contribution is 7.25. The lowest BCUT2D eigenvalue weighted by Crippen LogP contribution is -2.01. The third-order valence-corrected chi connectivity index (χ3v) is 9.30. The van der Waals surface area contributed by atoms with E-state index in [1.807, 2.05) is 42.5 Å². The summed E-state index contributed by atoms with van der Waals surface area (Å²) in [7, 11) is 0. The molecule has 0 aliphatic rings. The number of thiophene rings is 1. The number of furan rings is 1. The number of hydrogen-bond donors (Lipinski definition) is 0. The van der Waals surface area contributed by atoms with Crippen LogP contribution in [0, 0.1) is 0 Å². The first-order valence-electron chi connectivity index (χ1n) is 14.5.